The average molecular weight is 649 g/mol. The molecular formula is C48H72. The van der Waals surface area contributed by atoms with Crippen LogP contribution in [0.25, 0.3) is 21.5 Å². The summed E-state index contributed by atoms with van der Waals surface area (Å²) in [5.41, 5.74) is 5.34. The van der Waals surface area contributed by atoms with Crippen LogP contribution in [0.1, 0.15) is 105 Å². The minimum absolute atomic E-state index is 1.32. The first-order valence-electron chi connectivity index (χ1n) is 18.5. The second-order valence-corrected chi connectivity index (χ2v) is 8.90. The van der Waals surface area contributed by atoms with Gasteiger partial charge in [0.2, 0.25) is 0 Å². The van der Waals surface area contributed by atoms with Crippen LogP contribution in [-0.2, 0) is 0 Å². The van der Waals surface area contributed by atoms with Crippen molar-refractivity contribution in [3.05, 3.63) is 168 Å². The smallest absolute Gasteiger partial charge is 0.0155 e. The number of aryl methyl sites for hydroxylation is 4. The van der Waals surface area contributed by atoms with Gasteiger partial charge in [-0.25, -0.2) is 0 Å². The molecule has 0 amide bonds. The maximum absolute atomic E-state index is 2.16. The molecule has 0 N–H and O–H groups in total. The Morgan fingerprint density at radius 2 is 0.458 bits per heavy atom. The fourth-order valence-electron chi connectivity index (χ4n) is 3.84. The lowest BCUT2D eigenvalue weighted by Crippen LogP contribution is -1.75. The van der Waals surface area contributed by atoms with Gasteiger partial charge in [-0.3, -0.25) is 0 Å². The summed E-state index contributed by atoms with van der Waals surface area (Å²) in [4.78, 5) is 0. The van der Waals surface area contributed by atoms with Crippen molar-refractivity contribution in [2.75, 3.05) is 0 Å². The van der Waals surface area contributed by atoms with Crippen LogP contribution in [0.5, 0.6) is 0 Å². The van der Waals surface area contributed by atoms with E-state index in [9.17, 15) is 0 Å². The molecule has 0 radical (unpaired) electrons. The minimum atomic E-state index is 1.32. The molecule has 264 valence electrons. The summed E-state index contributed by atoms with van der Waals surface area (Å²) in [7, 11) is 0. The molecule has 0 saturated carbocycles. The van der Waals surface area contributed by atoms with Crippen LogP contribution < -0.4 is 0 Å². The van der Waals surface area contributed by atoms with Gasteiger partial charge in [0.25, 0.3) is 0 Å². The third kappa shape index (κ3) is 24.1. The zero-order chi connectivity index (χ0) is 37.6. The van der Waals surface area contributed by atoms with Gasteiger partial charge in [-0.15, -0.1) is 0 Å². The number of benzene rings is 6. The van der Waals surface area contributed by atoms with Crippen LogP contribution in [-0.4, -0.2) is 0 Å². The van der Waals surface area contributed by atoms with Crippen LogP contribution in [0.2, 0.25) is 0 Å². The van der Waals surface area contributed by atoms with Gasteiger partial charge in [0, 0.05) is 0 Å². The Morgan fingerprint density at radius 1 is 0.229 bits per heavy atom. The molecule has 0 aliphatic heterocycles. The Kier molecular flexibility index (Phi) is 41.2. The quantitative estimate of drug-likeness (QED) is 0.154. The van der Waals surface area contributed by atoms with E-state index in [4.69, 9.17) is 0 Å². The summed E-state index contributed by atoms with van der Waals surface area (Å²) in [6.45, 7) is 32.4. The van der Waals surface area contributed by atoms with E-state index in [1.54, 1.807) is 0 Å². The first-order valence-corrected chi connectivity index (χ1v) is 18.5. The van der Waals surface area contributed by atoms with E-state index in [1.165, 1.54) is 43.8 Å². The van der Waals surface area contributed by atoms with Crippen LogP contribution in [0.4, 0.5) is 0 Å². The minimum Gasteiger partial charge on any atom is -0.0683 e. The molecular weight excluding hydrogens is 577 g/mol. The van der Waals surface area contributed by atoms with E-state index in [0.29, 0.717) is 0 Å². The van der Waals surface area contributed by atoms with Gasteiger partial charge in [0.1, 0.15) is 0 Å². The zero-order valence-electron chi connectivity index (χ0n) is 33.9. The molecule has 6 aromatic rings. The summed E-state index contributed by atoms with van der Waals surface area (Å²) in [6, 6.07) is 50.2. The van der Waals surface area contributed by atoms with Crippen molar-refractivity contribution in [2.24, 2.45) is 0 Å². The molecule has 0 saturated heterocycles. The summed E-state index contributed by atoms with van der Waals surface area (Å²) < 4.78 is 0. The molecule has 0 aromatic heterocycles. The Morgan fingerprint density at radius 3 is 0.688 bits per heavy atom. The molecule has 0 heterocycles. The van der Waals surface area contributed by atoms with Gasteiger partial charge < -0.3 is 0 Å². The van der Waals surface area contributed by atoms with E-state index in [-0.39, 0.29) is 0 Å². The predicted octanol–water partition coefficient (Wildman–Crippen LogP) is 16.4. The fourth-order valence-corrected chi connectivity index (χ4v) is 3.84. The standard InChI is InChI=1S/2C11H10.2C7H8.6C2H6/c2*1-9-5-4-7-10-6-2-3-8-11(9)10;2*1-7-5-3-2-4-6-7;6*1-2/h2*2-8H,1H3;2*2-6H,1H3;6*1-2H3. The molecule has 0 bridgehead atoms. The first kappa shape index (κ1) is 50.7. The number of hydrogen-bond donors (Lipinski definition) is 0. The highest BCUT2D eigenvalue weighted by Crippen LogP contribution is 2.17. The van der Waals surface area contributed by atoms with Crippen molar-refractivity contribution >= 4 is 21.5 Å². The largest absolute Gasteiger partial charge is 0.0683 e. The molecule has 6 rings (SSSR count). The van der Waals surface area contributed by atoms with E-state index >= 15 is 0 Å². The molecule has 6 aromatic carbocycles. The highest BCUT2D eigenvalue weighted by atomic mass is 14.0. The maximum atomic E-state index is 2.16. The molecule has 0 unspecified atom stereocenters. The average Bonchev–Trinajstić information content (AvgIpc) is 3.18. The Balaban J connectivity index is -0.000000247. The topological polar surface area (TPSA) is 0 Å². The van der Waals surface area contributed by atoms with Crippen molar-refractivity contribution in [3.63, 3.8) is 0 Å². The molecule has 0 fully saturated rings. The van der Waals surface area contributed by atoms with Crippen molar-refractivity contribution < 1.29 is 0 Å². The molecule has 0 aliphatic carbocycles. The van der Waals surface area contributed by atoms with E-state index in [0.717, 1.165) is 0 Å². The highest BCUT2D eigenvalue weighted by molar-refractivity contribution is 5.86. The number of hydrogen-bond acceptors (Lipinski definition) is 0. The predicted molar refractivity (Wildman–Crippen MR) is 228 cm³/mol. The molecule has 0 heteroatoms. The Labute approximate surface area is 299 Å². The van der Waals surface area contributed by atoms with Gasteiger partial charge in [0.15, 0.2) is 0 Å². The summed E-state index contributed by atoms with van der Waals surface area (Å²) >= 11 is 0. The summed E-state index contributed by atoms with van der Waals surface area (Å²) in [5, 5.41) is 5.37. The van der Waals surface area contributed by atoms with E-state index < -0.39 is 0 Å². The number of fused-ring (bicyclic) bond motifs is 2. The molecule has 0 atom stereocenters. The lowest BCUT2D eigenvalue weighted by molar-refractivity contribution is 1.48. The van der Waals surface area contributed by atoms with E-state index in [1.807, 2.05) is 119 Å². The first-order chi connectivity index (χ1) is 23.5. The zero-order valence-corrected chi connectivity index (χ0v) is 33.9. The van der Waals surface area contributed by atoms with Crippen molar-refractivity contribution in [3.8, 4) is 0 Å². The lowest BCUT2D eigenvalue weighted by Gasteiger charge is -1.98. The van der Waals surface area contributed by atoms with Crippen LogP contribution in [0.3, 0.4) is 0 Å². The van der Waals surface area contributed by atoms with Gasteiger partial charge in [-0.05, 0) is 60.4 Å². The second-order valence-electron chi connectivity index (χ2n) is 8.90. The van der Waals surface area contributed by atoms with Crippen LogP contribution in [0, 0.1) is 27.7 Å². The van der Waals surface area contributed by atoms with Crippen molar-refractivity contribution in [1.29, 1.82) is 0 Å². The fraction of sp³-hybridized carbons (Fsp3) is 0.333. The maximum Gasteiger partial charge on any atom is -0.0155 e. The van der Waals surface area contributed by atoms with E-state index in [2.05, 4.69) is 137 Å². The van der Waals surface area contributed by atoms with Crippen molar-refractivity contribution in [1.82, 2.24) is 0 Å². The van der Waals surface area contributed by atoms with Gasteiger partial charge in [-0.2, -0.15) is 0 Å². The van der Waals surface area contributed by atoms with Gasteiger partial charge in [-0.1, -0.05) is 240 Å². The monoisotopic (exact) mass is 649 g/mol. The summed E-state index contributed by atoms with van der Waals surface area (Å²) in [6.07, 6.45) is 0. The second kappa shape index (κ2) is 39.0. The van der Waals surface area contributed by atoms with Crippen molar-refractivity contribution in [2.45, 2.75) is 111 Å². The Hall–Kier alpha value is -4.16. The SMILES string of the molecule is CC.CC.CC.CC.CC.CC.Cc1cccc2ccccc12.Cc1cccc2ccccc12.Cc1ccccc1.Cc1ccccc1. The molecule has 48 heavy (non-hydrogen) atoms. The van der Waals surface area contributed by atoms with Gasteiger partial charge >= 0.3 is 0 Å². The molecule has 0 nitrogen and oxygen atoms in total. The highest BCUT2D eigenvalue weighted by Gasteiger charge is 1.93. The lowest BCUT2D eigenvalue weighted by atomic mass is 10.1. The molecule has 0 spiro atoms. The Bertz CT molecular complexity index is 1320. The number of rotatable bonds is 0. The van der Waals surface area contributed by atoms with Crippen LogP contribution >= 0.6 is 0 Å². The summed E-state index contributed by atoms with van der Waals surface area (Å²) in [5.74, 6) is 0. The van der Waals surface area contributed by atoms with Crippen LogP contribution in [0.15, 0.2) is 146 Å². The molecule has 0 aliphatic rings. The third-order valence-corrected chi connectivity index (χ3v) is 5.90. The van der Waals surface area contributed by atoms with Gasteiger partial charge in [0.05, 0.1) is 0 Å². The third-order valence-electron chi connectivity index (χ3n) is 5.90. The normalized spacial score (nSPS) is 8.00.